The van der Waals surface area contributed by atoms with Crippen LogP contribution in [0.25, 0.3) is 0 Å². The normalized spacial score (nSPS) is 11.9. The van der Waals surface area contributed by atoms with Gasteiger partial charge in [-0.15, -0.1) is 11.8 Å². The van der Waals surface area contributed by atoms with Gasteiger partial charge in [-0.25, -0.2) is 4.79 Å². The number of carbonyl (C=O) groups excluding carboxylic acids is 1. The van der Waals surface area contributed by atoms with Crippen molar-refractivity contribution in [2.45, 2.75) is 24.3 Å². The Balaban J connectivity index is 2.21. The lowest BCUT2D eigenvalue weighted by Crippen LogP contribution is -2.31. The molecule has 1 atom stereocenters. The van der Waals surface area contributed by atoms with Crippen molar-refractivity contribution in [2.24, 2.45) is 0 Å². The molecule has 0 radical (unpaired) electrons. The summed E-state index contributed by atoms with van der Waals surface area (Å²) in [5.74, 6) is -1.18. The zero-order valence-corrected chi connectivity index (χ0v) is 11.4. The van der Waals surface area contributed by atoms with Crippen LogP contribution in [0.2, 0.25) is 0 Å². The molecule has 1 aromatic rings. The van der Waals surface area contributed by atoms with E-state index >= 15 is 0 Å². The molecule has 19 heavy (non-hydrogen) atoms. The van der Waals surface area contributed by atoms with E-state index in [0.717, 1.165) is 10.5 Å². The second-order valence-corrected chi connectivity index (χ2v) is 5.14. The first kappa shape index (κ1) is 15.5. The molecule has 6 heteroatoms. The van der Waals surface area contributed by atoms with Crippen molar-refractivity contribution in [1.29, 1.82) is 0 Å². The third-order valence-electron chi connectivity index (χ3n) is 2.42. The number of benzene rings is 1. The average Bonchev–Trinajstić information content (AvgIpc) is 2.37. The first-order valence-corrected chi connectivity index (χ1v) is 6.84. The molecular weight excluding hydrogens is 266 g/mol. The molecule has 0 saturated carbocycles. The number of carboxylic acid groups (broad SMARTS) is 1. The number of rotatable bonds is 7. The van der Waals surface area contributed by atoms with Crippen LogP contribution < -0.4 is 5.32 Å². The van der Waals surface area contributed by atoms with Crippen LogP contribution >= 0.6 is 11.8 Å². The van der Waals surface area contributed by atoms with Gasteiger partial charge in [-0.1, -0.05) is 17.7 Å². The molecule has 0 saturated heterocycles. The summed E-state index contributed by atoms with van der Waals surface area (Å²) < 4.78 is 0. The number of aliphatic hydroxyl groups is 1. The molecule has 0 aliphatic heterocycles. The van der Waals surface area contributed by atoms with E-state index in [1.165, 1.54) is 11.8 Å². The van der Waals surface area contributed by atoms with Gasteiger partial charge in [0.15, 0.2) is 6.10 Å². The minimum atomic E-state index is -1.43. The molecule has 5 nitrogen and oxygen atoms in total. The lowest BCUT2D eigenvalue weighted by molar-refractivity contribution is -0.147. The first-order chi connectivity index (χ1) is 8.99. The molecular formula is C13H17NO4S. The van der Waals surface area contributed by atoms with Crippen LogP contribution in [-0.4, -0.2) is 40.5 Å². The largest absolute Gasteiger partial charge is 0.479 e. The highest BCUT2D eigenvalue weighted by Crippen LogP contribution is 2.17. The molecule has 0 unspecified atom stereocenters. The molecule has 0 aliphatic carbocycles. The smallest absolute Gasteiger partial charge is 0.332 e. The summed E-state index contributed by atoms with van der Waals surface area (Å²) in [6.07, 6.45) is -1.42. The number of aryl methyl sites for hydroxylation is 1. The van der Waals surface area contributed by atoms with Crippen molar-refractivity contribution in [1.82, 2.24) is 5.32 Å². The molecule has 1 rings (SSSR count). The van der Waals surface area contributed by atoms with Gasteiger partial charge in [0.05, 0.1) is 5.75 Å². The zero-order valence-electron chi connectivity index (χ0n) is 10.6. The number of aliphatic carboxylic acids is 1. The molecule has 3 N–H and O–H groups in total. The minimum absolute atomic E-state index is 0.0102. The van der Waals surface area contributed by atoms with E-state index in [9.17, 15) is 9.59 Å². The monoisotopic (exact) mass is 283 g/mol. The van der Waals surface area contributed by atoms with Crippen molar-refractivity contribution in [3.63, 3.8) is 0 Å². The summed E-state index contributed by atoms with van der Waals surface area (Å²) in [4.78, 5) is 22.8. The molecule has 0 aliphatic rings. The summed E-state index contributed by atoms with van der Waals surface area (Å²) in [6.45, 7) is 2.15. The Hall–Kier alpha value is -1.53. The van der Waals surface area contributed by atoms with Gasteiger partial charge in [0.25, 0.3) is 0 Å². The van der Waals surface area contributed by atoms with Crippen molar-refractivity contribution in [3.05, 3.63) is 29.8 Å². The van der Waals surface area contributed by atoms with E-state index < -0.39 is 12.1 Å². The van der Waals surface area contributed by atoms with Crippen LogP contribution in [0.5, 0.6) is 0 Å². The third-order valence-corrected chi connectivity index (χ3v) is 3.43. The molecule has 0 heterocycles. The maximum atomic E-state index is 11.5. The predicted molar refractivity (Wildman–Crippen MR) is 73.2 cm³/mol. The maximum Gasteiger partial charge on any atom is 0.332 e. The molecule has 104 valence electrons. The van der Waals surface area contributed by atoms with E-state index in [-0.39, 0.29) is 24.6 Å². The van der Waals surface area contributed by atoms with Gasteiger partial charge in [0, 0.05) is 17.9 Å². The predicted octanol–water partition coefficient (Wildman–Crippen LogP) is 1.04. The quantitative estimate of drug-likeness (QED) is 0.651. The topological polar surface area (TPSA) is 86.6 Å². The molecule has 0 fully saturated rings. The summed E-state index contributed by atoms with van der Waals surface area (Å²) in [7, 11) is 0. The van der Waals surface area contributed by atoms with Crippen molar-refractivity contribution in [2.75, 3.05) is 12.3 Å². The van der Waals surface area contributed by atoms with Gasteiger partial charge in [-0.2, -0.15) is 0 Å². The third kappa shape index (κ3) is 6.26. The van der Waals surface area contributed by atoms with Gasteiger partial charge >= 0.3 is 5.97 Å². The fourth-order valence-corrected chi connectivity index (χ4v) is 2.03. The van der Waals surface area contributed by atoms with Crippen molar-refractivity contribution < 1.29 is 19.8 Å². The number of carbonyl (C=O) groups is 2. The highest BCUT2D eigenvalue weighted by atomic mass is 32.2. The first-order valence-electron chi connectivity index (χ1n) is 5.86. The fraction of sp³-hybridized carbons (Fsp3) is 0.385. The Labute approximate surface area is 116 Å². The van der Waals surface area contributed by atoms with Crippen LogP contribution in [0.4, 0.5) is 0 Å². The van der Waals surface area contributed by atoms with Crippen molar-refractivity contribution in [3.8, 4) is 0 Å². The highest BCUT2D eigenvalue weighted by molar-refractivity contribution is 8.00. The highest BCUT2D eigenvalue weighted by Gasteiger charge is 2.12. The van der Waals surface area contributed by atoms with Gasteiger partial charge in [-0.3, -0.25) is 4.79 Å². The molecule has 1 aromatic carbocycles. The number of thioether (sulfide) groups is 1. The average molecular weight is 283 g/mol. The molecule has 0 bridgehead atoms. The summed E-state index contributed by atoms with van der Waals surface area (Å²) in [5, 5.41) is 20.0. The van der Waals surface area contributed by atoms with E-state index in [1.54, 1.807) is 0 Å². The van der Waals surface area contributed by atoms with E-state index in [1.807, 2.05) is 31.2 Å². The van der Waals surface area contributed by atoms with Crippen LogP contribution in [0.3, 0.4) is 0 Å². The van der Waals surface area contributed by atoms with Gasteiger partial charge in [-0.05, 0) is 19.1 Å². The van der Waals surface area contributed by atoms with Crippen LogP contribution in [0.15, 0.2) is 29.2 Å². The molecule has 1 amide bonds. The van der Waals surface area contributed by atoms with Crippen LogP contribution in [0.1, 0.15) is 12.0 Å². The molecule has 0 aromatic heterocycles. The number of hydrogen-bond acceptors (Lipinski definition) is 4. The number of aliphatic hydroxyl groups excluding tert-OH is 1. The van der Waals surface area contributed by atoms with E-state index in [2.05, 4.69) is 5.32 Å². The van der Waals surface area contributed by atoms with Crippen LogP contribution in [0, 0.1) is 6.92 Å². The minimum Gasteiger partial charge on any atom is -0.479 e. The van der Waals surface area contributed by atoms with Gasteiger partial charge in [0.2, 0.25) is 5.91 Å². The number of hydrogen-bond donors (Lipinski definition) is 3. The molecule has 0 spiro atoms. The second kappa shape index (κ2) is 7.81. The number of amides is 1. The van der Waals surface area contributed by atoms with Gasteiger partial charge < -0.3 is 15.5 Å². The van der Waals surface area contributed by atoms with E-state index in [4.69, 9.17) is 10.2 Å². The number of nitrogens with one attached hydrogen (secondary N) is 1. The Morgan fingerprint density at radius 2 is 1.95 bits per heavy atom. The Kier molecular flexibility index (Phi) is 6.38. The second-order valence-electron chi connectivity index (χ2n) is 4.09. The summed E-state index contributed by atoms with van der Waals surface area (Å²) in [5.41, 5.74) is 1.16. The van der Waals surface area contributed by atoms with Crippen LogP contribution in [-0.2, 0) is 9.59 Å². The SMILES string of the molecule is Cc1ccc(SCC(=O)NCC[C@H](O)C(=O)O)cc1. The Bertz CT molecular complexity index is 433. The van der Waals surface area contributed by atoms with E-state index in [0.29, 0.717) is 0 Å². The zero-order chi connectivity index (χ0) is 14.3. The maximum absolute atomic E-state index is 11.5. The van der Waals surface area contributed by atoms with Crippen molar-refractivity contribution >= 4 is 23.6 Å². The summed E-state index contributed by atoms with van der Waals surface area (Å²) >= 11 is 1.41. The lowest BCUT2D eigenvalue weighted by Gasteiger charge is -2.07. The standard InChI is InChI=1S/C13H17NO4S/c1-9-2-4-10(5-3-9)19-8-12(16)14-7-6-11(15)13(17)18/h2-5,11,15H,6-8H2,1H3,(H,14,16)(H,17,18)/t11-/m0/s1. The number of carboxylic acids is 1. The summed E-state index contributed by atoms with van der Waals surface area (Å²) in [6, 6.07) is 7.84. The van der Waals surface area contributed by atoms with Gasteiger partial charge in [0.1, 0.15) is 0 Å². The lowest BCUT2D eigenvalue weighted by atomic mass is 10.2. The Morgan fingerprint density at radius 1 is 1.32 bits per heavy atom. The Morgan fingerprint density at radius 3 is 2.53 bits per heavy atom. The fourth-order valence-electron chi connectivity index (χ4n) is 1.31.